The lowest BCUT2D eigenvalue weighted by Gasteiger charge is -2.29. The molecule has 0 aliphatic rings. The van der Waals surface area contributed by atoms with Crippen molar-refractivity contribution in [2.24, 2.45) is 11.8 Å². The van der Waals surface area contributed by atoms with Crippen LogP contribution < -0.4 is 18.9 Å². The maximum absolute atomic E-state index is 14.2. The van der Waals surface area contributed by atoms with Gasteiger partial charge in [0, 0.05) is 69.5 Å². The third kappa shape index (κ3) is 6.78. The van der Waals surface area contributed by atoms with E-state index in [2.05, 4.69) is 0 Å². The Bertz CT molecular complexity index is 1270. The average molecular weight is 617 g/mol. The average Bonchev–Trinajstić information content (AvgIpc) is 2.98. The molecule has 0 heterocycles. The van der Waals surface area contributed by atoms with E-state index in [9.17, 15) is 25.2 Å². The Kier molecular flexibility index (Phi) is 12.6. The minimum atomic E-state index is -0.952. The molecule has 0 aromatic heterocycles. The van der Waals surface area contributed by atoms with E-state index >= 15 is 0 Å². The zero-order valence-corrected chi connectivity index (χ0v) is 27.4. The highest BCUT2D eigenvalue weighted by molar-refractivity contribution is 5.94. The highest BCUT2D eigenvalue weighted by Crippen LogP contribution is 2.51. The lowest BCUT2D eigenvalue weighted by atomic mass is 9.78. The summed E-state index contributed by atoms with van der Waals surface area (Å²) in [5.41, 5.74) is 1.52. The van der Waals surface area contributed by atoms with Gasteiger partial charge in [-0.3, -0.25) is 4.79 Å². The molecule has 0 saturated carbocycles. The Balaban J connectivity index is 2.79. The second kappa shape index (κ2) is 15.3. The SMILES string of the molecule is COc1cc(OC)c(C(C)C(CO)C(C)=N)c(O)c1C(C)C(=O)C(C)c1c(OC)cc(OC)c(C(C)C(CO)C(C)=N)c1O. The number of Topliss-reactive ketones (excluding diaryl/α,β-unsaturated/α-hetero) is 1. The van der Waals surface area contributed by atoms with Crippen LogP contribution in [0.4, 0.5) is 0 Å². The molecule has 0 saturated heterocycles. The van der Waals surface area contributed by atoms with Crippen LogP contribution in [-0.4, -0.2) is 79.3 Å². The number of rotatable bonds is 16. The summed E-state index contributed by atoms with van der Waals surface area (Å²) in [6.07, 6.45) is 0. The second-order valence-electron chi connectivity index (χ2n) is 11.3. The molecule has 11 heteroatoms. The van der Waals surface area contributed by atoms with E-state index in [1.54, 1.807) is 53.7 Å². The van der Waals surface area contributed by atoms with Crippen molar-refractivity contribution >= 4 is 17.2 Å². The predicted octanol–water partition coefficient (Wildman–Crippen LogP) is 5.11. The van der Waals surface area contributed by atoms with Crippen LogP contribution in [0.25, 0.3) is 0 Å². The van der Waals surface area contributed by atoms with Crippen molar-refractivity contribution in [2.75, 3.05) is 41.7 Å². The van der Waals surface area contributed by atoms with E-state index in [4.69, 9.17) is 29.8 Å². The summed E-state index contributed by atoms with van der Waals surface area (Å²) in [5.74, 6) is -4.04. The van der Waals surface area contributed by atoms with Crippen molar-refractivity contribution in [3.63, 3.8) is 0 Å². The molecule has 0 aliphatic heterocycles. The van der Waals surface area contributed by atoms with Gasteiger partial charge in [-0.15, -0.1) is 0 Å². The number of aliphatic hydroxyl groups is 2. The van der Waals surface area contributed by atoms with Gasteiger partial charge < -0.3 is 50.2 Å². The van der Waals surface area contributed by atoms with Gasteiger partial charge >= 0.3 is 0 Å². The van der Waals surface area contributed by atoms with E-state index < -0.39 is 35.5 Å². The van der Waals surface area contributed by atoms with Gasteiger partial charge in [0.15, 0.2) is 0 Å². The molecule has 0 radical (unpaired) electrons. The number of hydrogen-bond donors (Lipinski definition) is 6. The van der Waals surface area contributed by atoms with Crippen LogP contribution in [0, 0.1) is 22.7 Å². The van der Waals surface area contributed by atoms with Gasteiger partial charge in [-0.1, -0.05) is 27.7 Å². The number of aromatic hydroxyl groups is 2. The molecule has 2 rings (SSSR count). The number of carbonyl (C=O) groups excluding carboxylic acids is 1. The predicted molar refractivity (Wildman–Crippen MR) is 169 cm³/mol. The number of ketones is 1. The topological polar surface area (TPSA) is 183 Å². The molecule has 0 bridgehead atoms. The Hall–Kier alpha value is -3.83. The summed E-state index contributed by atoms with van der Waals surface area (Å²) in [5, 5.41) is 59.6. The number of nitrogens with one attached hydrogen (secondary N) is 2. The summed E-state index contributed by atoms with van der Waals surface area (Å²) >= 11 is 0. The van der Waals surface area contributed by atoms with E-state index in [1.165, 1.54) is 28.4 Å². The van der Waals surface area contributed by atoms with Crippen molar-refractivity contribution in [3.8, 4) is 34.5 Å². The summed E-state index contributed by atoms with van der Waals surface area (Å²) < 4.78 is 22.3. The number of phenolic OH excluding ortho intramolecular Hbond substituents is 2. The lowest BCUT2D eigenvalue weighted by molar-refractivity contribution is -0.121. The Morgan fingerprint density at radius 2 is 0.909 bits per heavy atom. The molecule has 0 amide bonds. The fourth-order valence-corrected chi connectivity index (χ4v) is 6.10. The van der Waals surface area contributed by atoms with E-state index in [1.807, 2.05) is 0 Å². The largest absolute Gasteiger partial charge is 0.507 e. The number of carbonyl (C=O) groups is 1. The number of phenols is 2. The lowest BCUT2D eigenvalue weighted by Crippen LogP contribution is -2.24. The minimum Gasteiger partial charge on any atom is -0.507 e. The molecule has 11 nitrogen and oxygen atoms in total. The first-order chi connectivity index (χ1) is 20.7. The molecule has 6 N–H and O–H groups in total. The number of hydrogen-bond acceptors (Lipinski definition) is 11. The van der Waals surface area contributed by atoms with Gasteiger partial charge in [0.25, 0.3) is 0 Å². The second-order valence-corrected chi connectivity index (χ2v) is 11.3. The summed E-state index contributed by atoms with van der Waals surface area (Å²) in [4.78, 5) is 14.2. The molecule has 0 aliphatic carbocycles. The van der Waals surface area contributed by atoms with Gasteiger partial charge in [0.05, 0.1) is 41.7 Å². The zero-order valence-electron chi connectivity index (χ0n) is 27.4. The van der Waals surface area contributed by atoms with Gasteiger partial charge in [-0.2, -0.15) is 0 Å². The molecule has 2 aromatic carbocycles. The molecule has 244 valence electrons. The number of ether oxygens (including phenoxy) is 4. The molecular weight excluding hydrogens is 568 g/mol. The quantitative estimate of drug-likeness (QED) is 0.140. The molecule has 6 atom stereocenters. The Labute approximate surface area is 259 Å². The van der Waals surface area contributed by atoms with Crippen LogP contribution >= 0.6 is 0 Å². The minimum absolute atomic E-state index is 0.201. The molecule has 0 spiro atoms. The summed E-state index contributed by atoms with van der Waals surface area (Å²) in [7, 11) is 5.69. The fraction of sp³-hybridized carbons (Fsp3) is 0.545. The van der Waals surface area contributed by atoms with Crippen LogP contribution in [0.3, 0.4) is 0 Å². The highest BCUT2D eigenvalue weighted by atomic mass is 16.5. The van der Waals surface area contributed by atoms with Crippen molar-refractivity contribution in [1.82, 2.24) is 0 Å². The van der Waals surface area contributed by atoms with Crippen LogP contribution in [0.1, 0.15) is 87.5 Å². The normalized spacial score (nSPS) is 15.4. The number of aliphatic hydroxyl groups excluding tert-OH is 2. The Morgan fingerprint density at radius 1 is 0.636 bits per heavy atom. The van der Waals surface area contributed by atoms with Crippen molar-refractivity contribution in [1.29, 1.82) is 10.8 Å². The van der Waals surface area contributed by atoms with Crippen molar-refractivity contribution in [3.05, 3.63) is 34.4 Å². The van der Waals surface area contributed by atoms with Gasteiger partial charge in [-0.25, -0.2) is 0 Å². The van der Waals surface area contributed by atoms with Crippen LogP contribution in [0.5, 0.6) is 34.5 Å². The maximum atomic E-state index is 14.2. The molecular formula is C33H48N2O9. The monoisotopic (exact) mass is 616 g/mol. The van der Waals surface area contributed by atoms with E-state index in [-0.39, 0.29) is 76.0 Å². The molecule has 44 heavy (non-hydrogen) atoms. The zero-order chi connectivity index (χ0) is 33.6. The first kappa shape index (κ1) is 36.4. The van der Waals surface area contributed by atoms with Crippen molar-refractivity contribution < 1.29 is 44.2 Å². The third-order valence-corrected chi connectivity index (χ3v) is 8.83. The van der Waals surface area contributed by atoms with E-state index in [0.29, 0.717) is 11.1 Å². The number of methoxy groups -OCH3 is 4. The summed E-state index contributed by atoms with van der Waals surface area (Å²) in [6.45, 7) is 9.29. The van der Waals surface area contributed by atoms with E-state index in [0.717, 1.165) is 0 Å². The first-order valence-electron chi connectivity index (χ1n) is 14.5. The highest BCUT2D eigenvalue weighted by Gasteiger charge is 2.37. The smallest absolute Gasteiger partial charge is 0.147 e. The third-order valence-electron chi connectivity index (χ3n) is 8.83. The van der Waals surface area contributed by atoms with Gasteiger partial charge in [0.2, 0.25) is 0 Å². The van der Waals surface area contributed by atoms with Crippen LogP contribution in [-0.2, 0) is 4.79 Å². The van der Waals surface area contributed by atoms with Gasteiger partial charge in [0.1, 0.15) is 40.3 Å². The molecule has 6 unspecified atom stereocenters. The molecule has 0 fully saturated rings. The summed E-state index contributed by atoms with van der Waals surface area (Å²) in [6, 6.07) is 3.14. The first-order valence-corrected chi connectivity index (χ1v) is 14.5. The standard InChI is InChI=1S/C33H48N2O9/c1-15(21(13-36)19(5)34)27-23(41-7)11-25(43-9)29(32(27)39)17(3)31(38)18(4)30-26(44-10)12-24(42-8)28(33(30)40)16(2)22(14-37)20(6)35/h11-12,15-18,21-22,34-37,39-40H,13-14H2,1-10H3. The van der Waals surface area contributed by atoms with Crippen LogP contribution in [0.15, 0.2) is 12.1 Å². The molecule has 2 aromatic rings. The van der Waals surface area contributed by atoms with Crippen LogP contribution in [0.2, 0.25) is 0 Å². The van der Waals surface area contributed by atoms with Crippen molar-refractivity contribution in [2.45, 2.75) is 65.2 Å². The maximum Gasteiger partial charge on any atom is 0.147 e. The van der Waals surface area contributed by atoms with Gasteiger partial charge in [-0.05, 0) is 25.7 Å². The fourth-order valence-electron chi connectivity index (χ4n) is 6.10. The Morgan fingerprint density at radius 3 is 1.14 bits per heavy atom. The number of benzene rings is 2.